The van der Waals surface area contributed by atoms with E-state index in [1.165, 1.54) is 32.3 Å². The van der Waals surface area contributed by atoms with Crippen molar-refractivity contribution in [2.24, 2.45) is 0 Å². The molecule has 10 aromatic rings. The molecule has 242 valence electrons. The van der Waals surface area contributed by atoms with Gasteiger partial charge in [-0.25, -0.2) is 0 Å². The Morgan fingerprint density at radius 3 is 1.45 bits per heavy atom. The van der Waals surface area contributed by atoms with E-state index in [2.05, 4.69) is 84.9 Å². The number of benzene rings is 8. The molecule has 0 saturated heterocycles. The predicted octanol–water partition coefficient (Wildman–Crippen LogP) is 11.3. The van der Waals surface area contributed by atoms with Gasteiger partial charge in [0.15, 0.2) is 0 Å². The van der Waals surface area contributed by atoms with E-state index in [0.717, 1.165) is 48.9 Å². The molecule has 51 heavy (non-hydrogen) atoms. The number of rotatable bonds is 2. The molecular formula is C42H25BCl2O4U2. The molecule has 8 aromatic carbocycles. The van der Waals surface area contributed by atoms with E-state index in [9.17, 15) is 10.0 Å². The van der Waals surface area contributed by atoms with Gasteiger partial charge in [-0.15, -0.1) is 0 Å². The van der Waals surface area contributed by atoms with Crippen molar-refractivity contribution < 1.29 is 81.1 Å². The van der Waals surface area contributed by atoms with Crippen molar-refractivity contribution in [3.8, 4) is 11.1 Å². The van der Waals surface area contributed by atoms with Crippen LogP contribution < -0.4 is 5.46 Å². The molecule has 0 amide bonds. The fraction of sp³-hybridized carbons (Fsp3) is 0. The second kappa shape index (κ2) is 14.7. The summed E-state index contributed by atoms with van der Waals surface area (Å²) in [6.45, 7) is 0. The van der Waals surface area contributed by atoms with Gasteiger partial charge < -0.3 is 18.9 Å². The van der Waals surface area contributed by atoms with E-state index >= 15 is 0 Å². The first-order chi connectivity index (χ1) is 24.0. The Bertz CT molecular complexity index is 2880. The maximum atomic E-state index is 9.28. The molecule has 2 aromatic heterocycles. The summed E-state index contributed by atoms with van der Waals surface area (Å²) in [5, 5.41) is 31.1. The number of para-hydroxylation sites is 2. The van der Waals surface area contributed by atoms with Crippen LogP contribution in [0.3, 0.4) is 0 Å². The Hall–Kier alpha value is -3.19. The molecule has 2 N–H and O–H groups in total. The molecule has 2 heterocycles. The van der Waals surface area contributed by atoms with E-state index < -0.39 is 7.12 Å². The standard InChI is InChI=1S/C30H17ClO.C12H8BClO3.2U/c31-27-13-6-14-28-29(27)25-12-5-11-19(30(25)32-28)18-15-16-24-22-9-2-1-7-20(22)21-8-3-4-10-23(21)26(24)17-18;14-9-5-2-6-10-11(9)7-3-1-4-8(13(15)16)12(7)17-10;;/h1-17H;1-6,15-16H;;. The van der Waals surface area contributed by atoms with Crippen LogP contribution in [0.4, 0.5) is 0 Å². The third-order valence-electron chi connectivity index (χ3n) is 9.31. The maximum Gasteiger partial charge on any atom is 0.492 e. The Morgan fingerprint density at radius 2 is 0.882 bits per heavy atom. The monoisotopic (exact) mass is 1150 g/mol. The van der Waals surface area contributed by atoms with Gasteiger partial charge in [-0.3, -0.25) is 0 Å². The van der Waals surface area contributed by atoms with Gasteiger partial charge in [-0.05, 0) is 68.2 Å². The molecule has 10 rings (SSSR count). The summed E-state index contributed by atoms with van der Waals surface area (Å²) in [5.41, 5.74) is 5.35. The van der Waals surface area contributed by atoms with Crippen LogP contribution >= 0.6 is 23.2 Å². The minimum Gasteiger partial charge on any atom is -0.456 e. The van der Waals surface area contributed by atoms with Crippen molar-refractivity contribution in [2.75, 3.05) is 0 Å². The van der Waals surface area contributed by atoms with Crippen molar-refractivity contribution in [3.63, 3.8) is 0 Å². The van der Waals surface area contributed by atoms with Gasteiger partial charge in [0.2, 0.25) is 0 Å². The molecule has 0 fully saturated rings. The average Bonchev–Trinajstić information content (AvgIpc) is 3.72. The molecule has 9 heteroatoms. The van der Waals surface area contributed by atoms with Gasteiger partial charge in [-0.2, -0.15) is 0 Å². The van der Waals surface area contributed by atoms with Crippen LogP contribution in [0, 0.1) is 62.2 Å². The normalized spacial score (nSPS) is 11.2. The fourth-order valence-electron chi connectivity index (χ4n) is 7.14. The van der Waals surface area contributed by atoms with Gasteiger partial charge in [0.25, 0.3) is 0 Å². The molecule has 4 nitrogen and oxygen atoms in total. The minimum atomic E-state index is -1.56. The quantitative estimate of drug-likeness (QED) is 0.134. The molecule has 0 aliphatic heterocycles. The van der Waals surface area contributed by atoms with Crippen molar-refractivity contribution in [3.05, 3.63) is 150 Å². The van der Waals surface area contributed by atoms with Gasteiger partial charge in [0.1, 0.15) is 22.3 Å². The van der Waals surface area contributed by atoms with Crippen LogP contribution in [0.2, 0.25) is 10.0 Å². The Morgan fingerprint density at radius 1 is 0.431 bits per heavy atom. The SMILES string of the molecule is Clc1cccc2oc3c(-c4ccc5c6ccccc6c6ccccc6c5c4)cccc3c12.OB(O)c1cccc2c1oc1cccc(Cl)c12.[U].[U]. The van der Waals surface area contributed by atoms with Crippen LogP contribution in [0.25, 0.3) is 87.3 Å². The molecule has 0 aliphatic carbocycles. The van der Waals surface area contributed by atoms with E-state index in [0.29, 0.717) is 21.7 Å². The predicted molar refractivity (Wildman–Crippen MR) is 205 cm³/mol. The van der Waals surface area contributed by atoms with E-state index in [1.54, 1.807) is 30.3 Å². The third-order valence-corrected chi connectivity index (χ3v) is 9.94. The first-order valence-electron chi connectivity index (χ1n) is 15.9. The van der Waals surface area contributed by atoms with Crippen LogP contribution in [0.1, 0.15) is 0 Å². The zero-order valence-electron chi connectivity index (χ0n) is 26.8. The van der Waals surface area contributed by atoms with Crippen LogP contribution in [-0.4, -0.2) is 17.2 Å². The molecular weight excluding hydrogens is 1130 g/mol. The first kappa shape index (κ1) is 36.2. The summed E-state index contributed by atoms with van der Waals surface area (Å²) < 4.78 is 11.9. The van der Waals surface area contributed by atoms with Crippen LogP contribution in [0.5, 0.6) is 0 Å². The Kier molecular flexibility index (Phi) is 10.4. The zero-order valence-corrected chi connectivity index (χ0v) is 36.7. The summed E-state index contributed by atoms with van der Waals surface area (Å²) in [7, 11) is -1.56. The summed E-state index contributed by atoms with van der Waals surface area (Å²) in [6.07, 6.45) is 0. The molecule has 0 radical (unpaired) electrons. The molecule has 0 spiro atoms. The zero-order chi connectivity index (χ0) is 33.2. The van der Waals surface area contributed by atoms with Crippen molar-refractivity contribution in [1.29, 1.82) is 0 Å². The topological polar surface area (TPSA) is 66.7 Å². The third kappa shape index (κ3) is 6.13. The average molecular weight is 1150 g/mol. The second-order valence-corrected chi connectivity index (χ2v) is 12.9. The van der Waals surface area contributed by atoms with Crippen molar-refractivity contribution in [2.45, 2.75) is 0 Å². The summed E-state index contributed by atoms with van der Waals surface area (Å²) >= 11 is 12.6. The Balaban J connectivity index is 0.000000182. The van der Waals surface area contributed by atoms with Gasteiger partial charge in [0, 0.05) is 94.8 Å². The summed E-state index contributed by atoms with van der Waals surface area (Å²) in [6, 6.07) is 46.8. The number of hydrogen-bond acceptors (Lipinski definition) is 4. The molecule has 0 bridgehead atoms. The van der Waals surface area contributed by atoms with E-state index in [1.807, 2.05) is 24.3 Å². The minimum absolute atomic E-state index is 0. The summed E-state index contributed by atoms with van der Waals surface area (Å²) in [4.78, 5) is 0. The Labute approximate surface area is 350 Å². The number of fused-ring (bicyclic) bond motifs is 12. The molecule has 0 atom stereocenters. The van der Waals surface area contributed by atoms with Gasteiger partial charge >= 0.3 is 7.12 Å². The van der Waals surface area contributed by atoms with Gasteiger partial charge in [-0.1, -0.05) is 132 Å². The van der Waals surface area contributed by atoms with Crippen molar-refractivity contribution >= 4 is 112 Å². The number of hydrogen-bond donors (Lipinski definition) is 2. The summed E-state index contributed by atoms with van der Waals surface area (Å²) in [5.74, 6) is 0. The number of halogens is 2. The largest absolute Gasteiger partial charge is 0.492 e. The second-order valence-electron chi connectivity index (χ2n) is 12.1. The molecule has 0 saturated carbocycles. The first-order valence-corrected chi connectivity index (χ1v) is 16.6. The van der Waals surface area contributed by atoms with Crippen LogP contribution in [0.15, 0.2) is 148 Å². The van der Waals surface area contributed by atoms with Gasteiger partial charge in [0.05, 0.1) is 10.0 Å². The number of furan rings is 2. The maximum absolute atomic E-state index is 9.28. The van der Waals surface area contributed by atoms with E-state index in [4.69, 9.17) is 32.0 Å². The van der Waals surface area contributed by atoms with Crippen molar-refractivity contribution in [1.82, 2.24) is 0 Å². The molecule has 0 aliphatic rings. The smallest absolute Gasteiger partial charge is 0.456 e. The van der Waals surface area contributed by atoms with Crippen LogP contribution in [-0.2, 0) is 0 Å². The van der Waals surface area contributed by atoms with E-state index in [-0.39, 0.29) is 62.2 Å². The molecule has 0 unspecified atom stereocenters. The fourth-order valence-corrected chi connectivity index (χ4v) is 7.67.